The van der Waals surface area contributed by atoms with Crippen LogP contribution in [-0.2, 0) is 22.5 Å². The first kappa shape index (κ1) is 34.3. The lowest BCUT2D eigenvalue weighted by atomic mass is 9.90. The molecule has 0 saturated carbocycles. The Bertz CT molecular complexity index is 1190. The number of hydrogen-bond acceptors (Lipinski definition) is 5. The fourth-order valence-electron chi connectivity index (χ4n) is 4.78. The van der Waals surface area contributed by atoms with Gasteiger partial charge in [-0.05, 0) is 61.9 Å². The summed E-state index contributed by atoms with van der Waals surface area (Å²) in [6.07, 6.45) is -9.02. The summed E-state index contributed by atoms with van der Waals surface area (Å²) in [5.74, 6) is 0.861. The molecule has 3 rings (SSSR count). The zero-order valence-corrected chi connectivity index (χ0v) is 24.4. The summed E-state index contributed by atoms with van der Waals surface area (Å²) in [5, 5.41) is 12.7. The number of hydrogen-bond donors (Lipinski definition) is 2. The third-order valence-electron chi connectivity index (χ3n) is 7.25. The molecule has 1 saturated heterocycles. The van der Waals surface area contributed by atoms with Crippen molar-refractivity contribution in [1.29, 1.82) is 0 Å². The van der Waals surface area contributed by atoms with E-state index in [1.165, 1.54) is 4.90 Å². The van der Waals surface area contributed by atoms with Crippen LogP contribution < -0.4 is 14.8 Å². The van der Waals surface area contributed by atoms with Crippen LogP contribution >= 0.6 is 0 Å². The third kappa shape index (κ3) is 7.67. The summed E-state index contributed by atoms with van der Waals surface area (Å²) < 4.78 is 97.4. The van der Waals surface area contributed by atoms with Crippen molar-refractivity contribution in [3.05, 3.63) is 59.2 Å². The normalized spacial score (nSPS) is 18.0. The molecule has 0 aromatic heterocycles. The Kier molecular flexibility index (Phi) is 11.2. The highest BCUT2D eigenvalue weighted by Crippen LogP contribution is 2.50. The van der Waals surface area contributed by atoms with Crippen molar-refractivity contribution in [1.82, 2.24) is 10.2 Å². The first-order valence-corrected chi connectivity index (χ1v) is 14.3. The van der Waals surface area contributed by atoms with E-state index >= 15 is 0 Å². The average Bonchev–Trinajstić information content (AvgIpc) is 2.96. The second-order valence-corrected chi connectivity index (χ2v) is 10.4. The van der Waals surface area contributed by atoms with E-state index in [2.05, 4.69) is 5.32 Å². The van der Waals surface area contributed by atoms with E-state index in [9.17, 15) is 36.2 Å². The highest BCUT2D eigenvalue weighted by molar-refractivity contribution is 5.75. The smallest absolute Gasteiger partial charge is 0.430 e. The monoisotopic (exact) mass is 620 g/mol. The molecule has 1 fully saturated rings. The first-order valence-electron chi connectivity index (χ1n) is 14.3. The van der Waals surface area contributed by atoms with Crippen LogP contribution in [0.4, 0.5) is 31.1 Å². The minimum Gasteiger partial charge on any atom is -0.494 e. The number of carbonyl (C=O) groups excluding carboxylic acids is 1. The highest BCUT2D eigenvalue weighted by atomic mass is 19.4. The molecule has 0 bridgehead atoms. The summed E-state index contributed by atoms with van der Waals surface area (Å²) in [7, 11) is 0. The van der Waals surface area contributed by atoms with Gasteiger partial charge < -0.3 is 29.5 Å². The second kappa shape index (κ2) is 14.1. The Hall–Kier alpha value is -3.19. The number of amides is 2. The molecule has 2 aromatic carbocycles. The van der Waals surface area contributed by atoms with Crippen LogP contribution in [0.5, 0.6) is 11.5 Å². The fourth-order valence-corrected chi connectivity index (χ4v) is 4.78. The van der Waals surface area contributed by atoms with Gasteiger partial charge in [0, 0.05) is 17.7 Å². The van der Waals surface area contributed by atoms with Crippen molar-refractivity contribution in [2.75, 3.05) is 26.5 Å². The molecular weight excluding hydrogens is 582 g/mol. The van der Waals surface area contributed by atoms with Crippen molar-refractivity contribution in [3.63, 3.8) is 0 Å². The number of alkyl halides is 6. The predicted octanol–water partition coefficient (Wildman–Crippen LogP) is 7.16. The van der Waals surface area contributed by atoms with Crippen molar-refractivity contribution in [3.8, 4) is 11.5 Å². The van der Waals surface area contributed by atoms with Gasteiger partial charge in [0.1, 0.15) is 18.2 Å². The number of nitrogens with zero attached hydrogens (tertiary/aromatic N) is 1. The van der Waals surface area contributed by atoms with Gasteiger partial charge in [-0.25, -0.2) is 4.79 Å². The molecule has 0 radical (unpaired) electrons. The number of rotatable bonds is 14. The summed E-state index contributed by atoms with van der Waals surface area (Å²) >= 11 is 0. The molecule has 0 spiro atoms. The van der Waals surface area contributed by atoms with Crippen LogP contribution in [0.2, 0.25) is 0 Å². The molecule has 0 aliphatic carbocycles. The molecule has 1 heterocycles. The Balaban J connectivity index is 1.56. The van der Waals surface area contributed by atoms with Crippen molar-refractivity contribution in [2.24, 2.45) is 0 Å². The minimum absolute atomic E-state index is 0.0536. The van der Waals surface area contributed by atoms with Gasteiger partial charge in [-0.3, -0.25) is 0 Å². The maximum atomic E-state index is 13.3. The SMILES string of the molecule is CCCOc1ccc(C2(CC)NC(=O)N(CCCCOc3ccc(C(O)(C(F)(F)F)C(F)(F)F)cc3CCC)CO2)cc1. The number of aryl methyl sites for hydroxylation is 1. The maximum absolute atomic E-state index is 13.3. The lowest BCUT2D eigenvalue weighted by molar-refractivity contribution is -0.376. The summed E-state index contributed by atoms with van der Waals surface area (Å²) in [5.41, 5.74) is -6.38. The van der Waals surface area contributed by atoms with E-state index in [-0.39, 0.29) is 37.1 Å². The van der Waals surface area contributed by atoms with Crippen LogP contribution in [-0.4, -0.2) is 54.9 Å². The minimum atomic E-state index is -5.97. The molecule has 2 aromatic rings. The Morgan fingerprint density at radius 2 is 1.60 bits per heavy atom. The molecule has 1 aliphatic rings. The summed E-state index contributed by atoms with van der Waals surface area (Å²) in [6.45, 7) is 6.74. The van der Waals surface area contributed by atoms with Crippen LogP contribution in [0.1, 0.15) is 69.6 Å². The average molecular weight is 621 g/mol. The number of unbranched alkanes of at least 4 members (excludes halogenated alkanes) is 1. The van der Waals surface area contributed by atoms with Gasteiger partial charge in [-0.2, -0.15) is 26.3 Å². The van der Waals surface area contributed by atoms with Gasteiger partial charge in [0.05, 0.1) is 13.2 Å². The number of nitrogens with one attached hydrogen (secondary N) is 1. The zero-order valence-electron chi connectivity index (χ0n) is 24.4. The van der Waals surface area contributed by atoms with Crippen molar-refractivity contribution < 1.29 is 50.5 Å². The van der Waals surface area contributed by atoms with E-state index in [4.69, 9.17) is 14.2 Å². The molecule has 7 nitrogen and oxygen atoms in total. The molecule has 1 atom stereocenters. The lowest BCUT2D eigenvalue weighted by Gasteiger charge is -2.42. The van der Waals surface area contributed by atoms with Gasteiger partial charge in [-0.1, -0.05) is 45.4 Å². The molecule has 240 valence electrons. The number of carbonyl (C=O) groups is 1. The predicted molar refractivity (Wildman–Crippen MR) is 147 cm³/mol. The van der Waals surface area contributed by atoms with Gasteiger partial charge in [0.15, 0.2) is 5.72 Å². The quantitative estimate of drug-likeness (QED) is 0.173. The molecule has 1 aliphatic heterocycles. The van der Waals surface area contributed by atoms with Gasteiger partial charge in [-0.15, -0.1) is 0 Å². The van der Waals surface area contributed by atoms with E-state index < -0.39 is 29.2 Å². The lowest BCUT2D eigenvalue weighted by Crippen LogP contribution is -2.59. The van der Waals surface area contributed by atoms with E-state index in [0.29, 0.717) is 51.0 Å². The molecular formula is C30H38F6N2O5. The van der Waals surface area contributed by atoms with Crippen LogP contribution in [0, 0.1) is 0 Å². The van der Waals surface area contributed by atoms with E-state index in [1.807, 2.05) is 38.1 Å². The van der Waals surface area contributed by atoms with Crippen LogP contribution in [0.15, 0.2) is 42.5 Å². The van der Waals surface area contributed by atoms with Crippen molar-refractivity contribution >= 4 is 6.03 Å². The van der Waals surface area contributed by atoms with Crippen molar-refractivity contribution in [2.45, 2.75) is 83.0 Å². The third-order valence-corrected chi connectivity index (χ3v) is 7.25. The standard InChI is InChI=1S/C30H38F6N2O5/c1-4-9-21-19-23(28(40,29(31,32)33)30(34,35)36)12-15-25(21)42-18-8-7-16-38-20-43-27(6-3,37-26(38)39)22-10-13-24(14-11-22)41-17-5-2/h10-15,19,40H,4-9,16-18,20H2,1-3H3,(H,37,39). The molecule has 1 unspecified atom stereocenters. The topological polar surface area (TPSA) is 80.3 Å². The fraction of sp³-hybridized carbons (Fsp3) is 0.567. The number of halogens is 6. The largest absolute Gasteiger partial charge is 0.494 e. The number of aliphatic hydroxyl groups is 1. The number of ether oxygens (including phenoxy) is 3. The Morgan fingerprint density at radius 1 is 0.930 bits per heavy atom. The number of urea groups is 1. The van der Waals surface area contributed by atoms with E-state index in [0.717, 1.165) is 23.8 Å². The van der Waals surface area contributed by atoms with Gasteiger partial charge in [0.2, 0.25) is 0 Å². The van der Waals surface area contributed by atoms with E-state index in [1.54, 1.807) is 6.92 Å². The summed E-state index contributed by atoms with van der Waals surface area (Å²) in [6, 6.07) is 9.36. The Labute approximate surface area is 247 Å². The molecule has 43 heavy (non-hydrogen) atoms. The molecule has 13 heteroatoms. The number of benzene rings is 2. The van der Waals surface area contributed by atoms with Gasteiger partial charge >= 0.3 is 18.4 Å². The molecule has 2 amide bonds. The van der Waals surface area contributed by atoms with Crippen LogP contribution in [0.25, 0.3) is 0 Å². The van der Waals surface area contributed by atoms with Crippen LogP contribution in [0.3, 0.4) is 0 Å². The Morgan fingerprint density at radius 3 is 2.16 bits per heavy atom. The highest BCUT2D eigenvalue weighted by Gasteiger charge is 2.71. The zero-order chi connectivity index (χ0) is 31.9. The van der Waals surface area contributed by atoms with Gasteiger partial charge in [0.25, 0.3) is 5.60 Å². The second-order valence-electron chi connectivity index (χ2n) is 10.4. The molecule has 2 N–H and O–H groups in total. The maximum Gasteiger partial charge on any atom is 0.430 e. The first-order chi connectivity index (χ1) is 20.2. The summed E-state index contributed by atoms with van der Waals surface area (Å²) in [4.78, 5) is 14.4.